The minimum absolute atomic E-state index is 0.0992. The summed E-state index contributed by atoms with van der Waals surface area (Å²) in [5.74, 6) is -0.428. The summed E-state index contributed by atoms with van der Waals surface area (Å²) >= 11 is 0. The van der Waals surface area contributed by atoms with Gasteiger partial charge in [0.15, 0.2) is 17.0 Å². The molecule has 0 aliphatic carbocycles. The van der Waals surface area contributed by atoms with Gasteiger partial charge in [-0.05, 0) is 13.8 Å². The quantitative estimate of drug-likeness (QED) is 0.827. The second-order valence-electron chi connectivity index (χ2n) is 4.57. The highest BCUT2D eigenvalue weighted by molar-refractivity contribution is 5.86. The highest BCUT2D eigenvalue weighted by atomic mass is 16.4. The van der Waals surface area contributed by atoms with E-state index in [4.69, 9.17) is 10.8 Å². The van der Waals surface area contributed by atoms with Crippen LogP contribution < -0.4 is 10.6 Å². The topological polar surface area (TPSA) is 110 Å². The number of imidazole rings is 1. The molecule has 0 unspecified atom stereocenters. The first-order chi connectivity index (χ1) is 8.90. The molecular weight excluding hydrogens is 248 g/mol. The van der Waals surface area contributed by atoms with E-state index in [1.54, 1.807) is 13.4 Å². The second kappa shape index (κ2) is 4.71. The average Bonchev–Trinajstić information content (AvgIpc) is 2.70. The molecule has 0 fully saturated rings. The van der Waals surface area contributed by atoms with Gasteiger partial charge >= 0.3 is 5.97 Å². The standard InChI is InChI=1S/C11H16N6O2/c1-6(2)17-5-13-8-9(16(3)4-7(18)19)14-11(12)15-10(8)17/h5-6H,4H2,1-3H3,(H,18,19)(H2,12,14,15). The van der Waals surface area contributed by atoms with Gasteiger partial charge < -0.3 is 20.3 Å². The molecule has 0 bridgehead atoms. The van der Waals surface area contributed by atoms with Gasteiger partial charge in [-0.2, -0.15) is 9.97 Å². The second-order valence-corrected chi connectivity index (χ2v) is 4.57. The first kappa shape index (κ1) is 13.1. The molecule has 8 heteroatoms. The molecule has 2 heterocycles. The lowest BCUT2D eigenvalue weighted by Gasteiger charge is -2.16. The van der Waals surface area contributed by atoms with Crippen LogP contribution in [0, 0.1) is 0 Å². The third-order valence-corrected chi connectivity index (χ3v) is 2.71. The number of anilines is 2. The van der Waals surface area contributed by atoms with Crippen molar-refractivity contribution in [2.75, 3.05) is 24.2 Å². The molecular formula is C11H16N6O2. The van der Waals surface area contributed by atoms with Gasteiger partial charge in [0.2, 0.25) is 5.95 Å². The number of rotatable bonds is 4. The van der Waals surface area contributed by atoms with Crippen molar-refractivity contribution in [3.8, 4) is 0 Å². The fourth-order valence-electron chi connectivity index (χ4n) is 1.84. The fraction of sp³-hybridized carbons (Fsp3) is 0.455. The zero-order chi connectivity index (χ0) is 14.2. The zero-order valence-electron chi connectivity index (χ0n) is 11.0. The van der Waals surface area contributed by atoms with Gasteiger partial charge in [0.25, 0.3) is 0 Å². The predicted molar refractivity (Wildman–Crippen MR) is 71.0 cm³/mol. The van der Waals surface area contributed by atoms with Gasteiger partial charge in [-0.1, -0.05) is 0 Å². The van der Waals surface area contributed by atoms with Crippen molar-refractivity contribution in [1.29, 1.82) is 0 Å². The molecule has 0 aliphatic rings. The van der Waals surface area contributed by atoms with Gasteiger partial charge in [-0.3, -0.25) is 4.79 Å². The predicted octanol–water partition coefficient (Wildman–Crippen LogP) is 0.510. The van der Waals surface area contributed by atoms with Gasteiger partial charge in [0, 0.05) is 13.1 Å². The molecule has 2 aromatic rings. The number of nitrogen functional groups attached to an aromatic ring is 1. The van der Waals surface area contributed by atoms with E-state index < -0.39 is 5.97 Å². The Morgan fingerprint density at radius 3 is 2.79 bits per heavy atom. The van der Waals surface area contributed by atoms with Crippen molar-refractivity contribution in [3.05, 3.63) is 6.33 Å². The summed E-state index contributed by atoms with van der Waals surface area (Å²) in [4.78, 5) is 24.8. The Morgan fingerprint density at radius 1 is 1.53 bits per heavy atom. The van der Waals surface area contributed by atoms with Gasteiger partial charge in [0.1, 0.15) is 6.54 Å². The number of hydrogen-bond donors (Lipinski definition) is 2. The van der Waals surface area contributed by atoms with Crippen LogP contribution in [0.2, 0.25) is 0 Å². The van der Waals surface area contributed by atoms with E-state index in [2.05, 4.69) is 15.0 Å². The first-order valence-corrected chi connectivity index (χ1v) is 5.83. The lowest BCUT2D eigenvalue weighted by Crippen LogP contribution is -2.26. The number of aromatic nitrogens is 4. The SMILES string of the molecule is CC(C)n1cnc2c(N(C)CC(=O)O)nc(N)nc21. The zero-order valence-corrected chi connectivity index (χ0v) is 11.0. The third kappa shape index (κ3) is 2.42. The van der Waals surface area contributed by atoms with Crippen molar-refractivity contribution < 1.29 is 9.90 Å². The normalized spacial score (nSPS) is 11.2. The number of carboxylic acids is 1. The number of hydrogen-bond acceptors (Lipinski definition) is 6. The lowest BCUT2D eigenvalue weighted by molar-refractivity contribution is -0.135. The van der Waals surface area contributed by atoms with E-state index in [0.717, 1.165) is 0 Å². The first-order valence-electron chi connectivity index (χ1n) is 5.83. The van der Waals surface area contributed by atoms with Crippen molar-refractivity contribution in [1.82, 2.24) is 19.5 Å². The number of aliphatic carboxylic acids is 1. The monoisotopic (exact) mass is 264 g/mol. The molecule has 19 heavy (non-hydrogen) atoms. The number of carboxylic acid groups (broad SMARTS) is 1. The van der Waals surface area contributed by atoms with Crippen molar-refractivity contribution in [2.24, 2.45) is 0 Å². The van der Waals surface area contributed by atoms with Crippen LogP contribution in [-0.4, -0.2) is 44.2 Å². The molecule has 0 saturated carbocycles. The molecule has 8 nitrogen and oxygen atoms in total. The van der Waals surface area contributed by atoms with E-state index in [0.29, 0.717) is 17.0 Å². The Kier molecular flexibility index (Phi) is 3.24. The van der Waals surface area contributed by atoms with Crippen LogP contribution in [0.4, 0.5) is 11.8 Å². The minimum Gasteiger partial charge on any atom is -0.480 e. The van der Waals surface area contributed by atoms with Crippen LogP contribution in [0.25, 0.3) is 11.2 Å². The maximum absolute atomic E-state index is 10.8. The molecule has 0 radical (unpaired) electrons. The maximum Gasteiger partial charge on any atom is 0.323 e. The largest absolute Gasteiger partial charge is 0.480 e. The van der Waals surface area contributed by atoms with E-state index in [-0.39, 0.29) is 18.5 Å². The number of nitrogens with two attached hydrogens (primary N) is 1. The summed E-state index contributed by atoms with van der Waals surface area (Å²) in [5, 5.41) is 8.84. The lowest BCUT2D eigenvalue weighted by atomic mass is 10.4. The fourth-order valence-corrected chi connectivity index (χ4v) is 1.84. The summed E-state index contributed by atoms with van der Waals surface area (Å²) in [6.45, 7) is 3.82. The van der Waals surface area contributed by atoms with Crippen LogP contribution in [-0.2, 0) is 4.79 Å². The number of nitrogens with zero attached hydrogens (tertiary/aromatic N) is 5. The average molecular weight is 264 g/mol. The molecule has 0 spiro atoms. The van der Waals surface area contributed by atoms with Crippen LogP contribution in [0.5, 0.6) is 0 Å². The molecule has 3 N–H and O–H groups in total. The smallest absolute Gasteiger partial charge is 0.323 e. The highest BCUT2D eigenvalue weighted by Crippen LogP contribution is 2.24. The van der Waals surface area contributed by atoms with E-state index in [1.165, 1.54) is 4.90 Å². The van der Waals surface area contributed by atoms with Crippen LogP contribution in [0.15, 0.2) is 6.33 Å². The molecule has 0 atom stereocenters. The number of fused-ring (bicyclic) bond motifs is 1. The van der Waals surface area contributed by atoms with Crippen molar-refractivity contribution in [3.63, 3.8) is 0 Å². The van der Waals surface area contributed by atoms with Crippen LogP contribution in [0.3, 0.4) is 0 Å². The third-order valence-electron chi connectivity index (χ3n) is 2.71. The van der Waals surface area contributed by atoms with E-state index >= 15 is 0 Å². The van der Waals surface area contributed by atoms with E-state index in [9.17, 15) is 4.79 Å². The summed E-state index contributed by atoms with van der Waals surface area (Å²) in [5.41, 5.74) is 6.84. The van der Waals surface area contributed by atoms with Gasteiger partial charge in [-0.15, -0.1) is 0 Å². The van der Waals surface area contributed by atoms with Crippen molar-refractivity contribution in [2.45, 2.75) is 19.9 Å². The van der Waals surface area contributed by atoms with E-state index in [1.807, 2.05) is 18.4 Å². The number of carbonyl (C=O) groups is 1. The van der Waals surface area contributed by atoms with Crippen LogP contribution >= 0.6 is 0 Å². The molecule has 0 saturated heterocycles. The Hall–Kier alpha value is -2.38. The maximum atomic E-state index is 10.8. The summed E-state index contributed by atoms with van der Waals surface area (Å²) < 4.78 is 1.87. The molecule has 0 aliphatic heterocycles. The minimum atomic E-state index is -0.948. The van der Waals surface area contributed by atoms with Crippen molar-refractivity contribution >= 4 is 28.9 Å². The Bertz CT molecular complexity index is 621. The van der Waals surface area contributed by atoms with Crippen LogP contribution in [0.1, 0.15) is 19.9 Å². The molecule has 0 amide bonds. The number of likely N-dealkylation sites (N-methyl/N-ethyl adjacent to an activating group) is 1. The summed E-state index contributed by atoms with van der Waals surface area (Å²) in [6.07, 6.45) is 1.65. The molecule has 0 aromatic carbocycles. The Morgan fingerprint density at radius 2 is 2.21 bits per heavy atom. The molecule has 102 valence electrons. The Balaban J connectivity index is 2.58. The molecule has 2 rings (SSSR count). The summed E-state index contributed by atoms with van der Waals surface area (Å²) in [6, 6.07) is 0.178. The molecule has 2 aromatic heterocycles. The van der Waals surface area contributed by atoms with Gasteiger partial charge in [0.05, 0.1) is 6.33 Å². The van der Waals surface area contributed by atoms with Gasteiger partial charge in [-0.25, -0.2) is 4.98 Å². The Labute approximate surface area is 109 Å². The highest BCUT2D eigenvalue weighted by Gasteiger charge is 2.17. The summed E-state index contributed by atoms with van der Waals surface area (Å²) in [7, 11) is 1.63.